The zero-order valence-corrected chi connectivity index (χ0v) is 45.3. The second-order valence-corrected chi connectivity index (χ2v) is 19.8. The summed E-state index contributed by atoms with van der Waals surface area (Å²) < 4.78 is 38.6. The first-order chi connectivity index (χ1) is 38.6. The van der Waals surface area contributed by atoms with Gasteiger partial charge in [-0.15, -0.1) is 0 Å². The van der Waals surface area contributed by atoms with Crippen molar-refractivity contribution in [1.82, 2.24) is 21.3 Å². The highest BCUT2D eigenvalue weighted by Gasteiger charge is 2.32. The van der Waals surface area contributed by atoms with Crippen LogP contribution in [0.5, 0.6) is 0 Å². The van der Waals surface area contributed by atoms with Crippen molar-refractivity contribution in [3.05, 3.63) is 167 Å². The Kier molecular flexibility index (Phi) is 24.2. The first-order valence-electron chi connectivity index (χ1n) is 26.6. The van der Waals surface area contributed by atoms with Gasteiger partial charge in [-0.2, -0.15) is 0 Å². The lowest BCUT2D eigenvalue weighted by atomic mass is 9.98. The van der Waals surface area contributed by atoms with Gasteiger partial charge in [0, 0.05) is 31.7 Å². The normalized spacial score (nSPS) is 12.7. The minimum Gasteiger partial charge on any atom is -0.461 e. The fourth-order valence-corrected chi connectivity index (χ4v) is 8.42. The molecule has 1 aliphatic carbocycles. The Morgan fingerprint density at radius 3 is 1.50 bits per heavy atom. The van der Waals surface area contributed by atoms with E-state index in [0.717, 1.165) is 33.4 Å². The maximum atomic E-state index is 13.9. The van der Waals surface area contributed by atoms with Crippen molar-refractivity contribution in [2.24, 2.45) is 0 Å². The van der Waals surface area contributed by atoms with Crippen molar-refractivity contribution in [1.29, 1.82) is 0 Å². The number of rotatable bonds is 31. The van der Waals surface area contributed by atoms with Gasteiger partial charge >= 0.3 is 30.0 Å². The molecule has 19 heteroatoms. The second kappa shape index (κ2) is 31.8. The zero-order chi connectivity index (χ0) is 57.1. The molecule has 80 heavy (non-hydrogen) atoms. The number of esters is 4. The highest BCUT2D eigenvalue weighted by molar-refractivity contribution is 5.91. The molecule has 3 atom stereocenters. The Balaban J connectivity index is 0.941. The Labute approximate surface area is 465 Å². The average molecular weight is 1100 g/mol. The molecule has 0 fully saturated rings. The molecule has 3 unspecified atom stereocenters. The van der Waals surface area contributed by atoms with Crippen LogP contribution >= 0.6 is 0 Å². The molecule has 0 heterocycles. The van der Waals surface area contributed by atoms with Crippen LogP contribution in [0, 0.1) is 0 Å². The lowest BCUT2D eigenvalue weighted by Crippen LogP contribution is -2.52. The summed E-state index contributed by atoms with van der Waals surface area (Å²) in [6, 6.07) is 38.8. The van der Waals surface area contributed by atoms with E-state index in [1.54, 1.807) is 99.6 Å². The van der Waals surface area contributed by atoms with Gasteiger partial charge in [0.25, 0.3) is 0 Å². The number of carbonyl (C=O) groups excluding carboxylic acids is 8. The molecule has 0 radical (unpaired) electrons. The summed E-state index contributed by atoms with van der Waals surface area (Å²) in [5.41, 5.74) is 5.54. The molecule has 0 saturated heterocycles. The van der Waals surface area contributed by atoms with Crippen LogP contribution in [0.4, 0.5) is 4.79 Å². The number of carbonyl (C=O) groups is 8. The van der Waals surface area contributed by atoms with Gasteiger partial charge < -0.3 is 54.4 Å². The van der Waals surface area contributed by atoms with E-state index in [4.69, 9.17) is 33.2 Å². The largest absolute Gasteiger partial charge is 0.461 e. The number of hydrogen-bond acceptors (Lipinski definition) is 15. The van der Waals surface area contributed by atoms with Gasteiger partial charge in [0.2, 0.25) is 17.7 Å². The summed E-state index contributed by atoms with van der Waals surface area (Å²) in [6.45, 7) is 4.61. The summed E-state index contributed by atoms with van der Waals surface area (Å²) in [4.78, 5) is 105. The molecule has 0 saturated carbocycles. The van der Waals surface area contributed by atoms with E-state index in [-0.39, 0.29) is 97.2 Å². The molecule has 0 spiro atoms. The summed E-state index contributed by atoms with van der Waals surface area (Å²) in [5, 5.41) is 10.5. The minimum atomic E-state index is -1.35. The van der Waals surface area contributed by atoms with E-state index in [2.05, 4.69) is 21.3 Å². The van der Waals surface area contributed by atoms with E-state index in [1.165, 1.54) is 0 Å². The van der Waals surface area contributed by atoms with Crippen molar-refractivity contribution in [3.63, 3.8) is 0 Å². The number of fused-ring (bicyclic) bond motifs is 3. The van der Waals surface area contributed by atoms with Crippen LogP contribution in [-0.2, 0) is 86.5 Å². The monoisotopic (exact) mass is 1100 g/mol. The number of hydrogen-bond donors (Lipinski definition) is 4. The fraction of sp³-hybridized carbons (Fsp3) is 0.377. The number of amides is 4. The summed E-state index contributed by atoms with van der Waals surface area (Å²) >= 11 is 0. The van der Waals surface area contributed by atoms with Crippen LogP contribution in [0.25, 0.3) is 11.1 Å². The van der Waals surface area contributed by atoms with E-state index in [1.807, 2.05) is 60.7 Å². The maximum absolute atomic E-state index is 13.9. The van der Waals surface area contributed by atoms with Gasteiger partial charge in [-0.3, -0.25) is 24.0 Å². The summed E-state index contributed by atoms with van der Waals surface area (Å²) in [5.74, 6) is -4.97. The average Bonchev–Trinajstić information content (AvgIpc) is 3.94. The standard InChI is InChI=1S/C61H70N4O15/c1-61(2,3)80-59(72)52(65-60(73)79-40-49-47-25-15-13-23-45(47)46-24-14-16-26-48(46)49)27-30-53(66)62-33-34-74-35-36-75-41-54(67)63-50(28-31-55(68)76-37-42-17-7-4-8-18-42)57(70)64-51(58(71)78-39-44-21-11-6-12-22-44)29-32-56(69)77-38-43-19-9-5-10-20-43/h4-26,49-52H,27-41H2,1-3H3,(H,62,66)(H,63,67)(H,64,70)(H,65,73). The van der Waals surface area contributed by atoms with E-state index < -0.39 is 78.0 Å². The van der Waals surface area contributed by atoms with Crippen molar-refractivity contribution in [2.45, 2.75) is 109 Å². The molecule has 0 aliphatic heterocycles. The van der Waals surface area contributed by atoms with Crippen molar-refractivity contribution in [3.8, 4) is 11.1 Å². The Bertz CT molecular complexity index is 2780. The topological polar surface area (TPSA) is 249 Å². The first-order valence-corrected chi connectivity index (χ1v) is 26.6. The maximum Gasteiger partial charge on any atom is 0.407 e. The van der Waals surface area contributed by atoms with Gasteiger partial charge in [-0.05, 0) is 79.0 Å². The molecule has 6 rings (SSSR count). The van der Waals surface area contributed by atoms with Crippen LogP contribution in [0.3, 0.4) is 0 Å². The lowest BCUT2D eigenvalue weighted by Gasteiger charge is -2.24. The van der Waals surface area contributed by atoms with Crippen LogP contribution in [0.1, 0.15) is 93.0 Å². The van der Waals surface area contributed by atoms with Gasteiger partial charge in [0.15, 0.2) is 0 Å². The van der Waals surface area contributed by atoms with Crippen LogP contribution in [0.15, 0.2) is 140 Å². The summed E-state index contributed by atoms with van der Waals surface area (Å²) in [6.07, 6.45) is -2.00. The molecule has 4 amide bonds. The Morgan fingerprint density at radius 1 is 0.475 bits per heavy atom. The quantitative estimate of drug-likeness (QED) is 0.0200. The molecule has 424 valence electrons. The summed E-state index contributed by atoms with van der Waals surface area (Å²) in [7, 11) is 0. The zero-order valence-electron chi connectivity index (χ0n) is 45.3. The predicted molar refractivity (Wildman–Crippen MR) is 293 cm³/mol. The highest BCUT2D eigenvalue weighted by atomic mass is 16.6. The van der Waals surface area contributed by atoms with Gasteiger partial charge in [-0.1, -0.05) is 140 Å². The molecule has 0 aromatic heterocycles. The van der Waals surface area contributed by atoms with E-state index in [0.29, 0.717) is 5.56 Å². The molecule has 5 aromatic rings. The third kappa shape index (κ3) is 21.1. The fourth-order valence-electron chi connectivity index (χ4n) is 8.42. The van der Waals surface area contributed by atoms with Crippen LogP contribution < -0.4 is 21.3 Å². The lowest BCUT2D eigenvalue weighted by molar-refractivity contribution is -0.157. The first kappa shape index (κ1) is 60.8. The molecular weight excluding hydrogens is 1030 g/mol. The molecular formula is C61H70N4O15. The third-order valence-corrected chi connectivity index (χ3v) is 12.4. The highest BCUT2D eigenvalue weighted by Crippen LogP contribution is 2.44. The van der Waals surface area contributed by atoms with Crippen LogP contribution in [0.2, 0.25) is 0 Å². The second-order valence-electron chi connectivity index (χ2n) is 19.8. The molecule has 19 nitrogen and oxygen atoms in total. The number of nitrogens with one attached hydrogen (secondary N) is 4. The molecule has 4 N–H and O–H groups in total. The van der Waals surface area contributed by atoms with Gasteiger partial charge in [0.1, 0.15) is 56.8 Å². The van der Waals surface area contributed by atoms with Crippen LogP contribution in [-0.4, -0.2) is 111 Å². The minimum absolute atomic E-state index is 0.00626. The van der Waals surface area contributed by atoms with Gasteiger partial charge in [0.05, 0.1) is 19.8 Å². The molecule has 1 aliphatic rings. The molecule has 5 aromatic carbocycles. The number of ether oxygens (including phenoxy) is 7. The molecule has 0 bridgehead atoms. The van der Waals surface area contributed by atoms with Crippen molar-refractivity contribution >= 4 is 47.7 Å². The number of benzene rings is 5. The Morgan fingerprint density at radius 2 is 0.950 bits per heavy atom. The predicted octanol–water partition coefficient (Wildman–Crippen LogP) is 6.93. The smallest absolute Gasteiger partial charge is 0.407 e. The van der Waals surface area contributed by atoms with Gasteiger partial charge in [-0.25, -0.2) is 14.4 Å². The Hall–Kier alpha value is -8.42. The van der Waals surface area contributed by atoms with Crippen molar-refractivity contribution in [2.75, 3.05) is 39.6 Å². The third-order valence-electron chi connectivity index (χ3n) is 12.4. The van der Waals surface area contributed by atoms with E-state index in [9.17, 15) is 38.4 Å². The number of alkyl carbamates (subject to hydrolysis) is 1. The van der Waals surface area contributed by atoms with Crippen molar-refractivity contribution < 1.29 is 71.5 Å². The SMILES string of the molecule is CC(C)(C)OC(=O)C(CCC(=O)NCCOCCOCC(=O)NC(CCC(=O)OCc1ccccc1)C(=O)NC(CCC(=O)OCc1ccccc1)C(=O)OCc1ccccc1)NC(=O)OCC1c2ccccc2-c2ccccc21. The van der Waals surface area contributed by atoms with E-state index >= 15 is 0 Å².